The van der Waals surface area contributed by atoms with Gasteiger partial charge in [-0.15, -0.1) is 0 Å². The van der Waals surface area contributed by atoms with Gasteiger partial charge in [-0.2, -0.15) is 69.9 Å². The van der Waals surface area contributed by atoms with Crippen LogP contribution in [0.15, 0.2) is 202 Å². The number of carbonyl (C=O) groups is 4. The highest BCUT2D eigenvalue weighted by Crippen LogP contribution is 2.46. The summed E-state index contributed by atoms with van der Waals surface area (Å²) in [4.78, 5) is 59.2. The molecule has 25 nitrogen and oxygen atoms in total. The first-order valence-electron chi connectivity index (χ1n) is 44.7. The van der Waals surface area contributed by atoms with Crippen molar-refractivity contribution in [3.05, 3.63) is 232 Å². The van der Waals surface area contributed by atoms with Crippen LogP contribution in [-0.4, -0.2) is 207 Å². The maximum atomic E-state index is 14.2. The largest absolute Gasteiger partial charge is 0.465 e. The molecule has 736 valence electrons. The summed E-state index contributed by atoms with van der Waals surface area (Å²) in [5, 5.41) is 0. The number of hydrogen-bond acceptors (Lipinski definition) is 21. The Morgan fingerprint density at radius 3 is 0.978 bits per heavy atom. The number of halogens is 13. The van der Waals surface area contributed by atoms with E-state index in [1.807, 2.05) is 39.0 Å². The number of alkyl halides is 12. The molecule has 0 spiro atoms. The number of benzene rings is 7. The first-order chi connectivity index (χ1) is 64.4. The number of anilines is 4. The molecule has 4 aliphatic carbocycles. The summed E-state index contributed by atoms with van der Waals surface area (Å²) >= 11 is 0. The van der Waals surface area contributed by atoms with Gasteiger partial charge in [-0.1, -0.05) is 36.4 Å². The minimum Gasteiger partial charge on any atom is -0.465 e. The Kier molecular flexibility index (Phi) is 32.4. The Balaban J connectivity index is 0.000000153. The number of pyridine rings is 1. The number of aromatic nitrogens is 1. The van der Waals surface area contributed by atoms with E-state index in [1.165, 1.54) is 54.7 Å². The molecule has 136 heavy (non-hydrogen) atoms. The van der Waals surface area contributed by atoms with Crippen LogP contribution >= 0.6 is 0 Å². The highest BCUT2D eigenvalue weighted by Gasteiger charge is 2.50. The Morgan fingerprint density at radius 2 is 0.640 bits per heavy atom. The monoisotopic (exact) mass is 1990 g/mol. The second kappa shape index (κ2) is 42.9. The van der Waals surface area contributed by atoms with Gasteiger partial charge in [-0.3, -0.25) is 0 Å². The molecule has 8 aliphatic rings. The molecule has 42 heteroatoms. The zero-order valence-corrected chi connectivity index (χ0v) is 77.9. The van der Waals surface area contributed by atoms with Crippen LogP contribution < -0.4 is 19.6 Å². The number of esters is 4. The van der Waals surface area contributed by atoms with Gasteiger partial charge in [-0.25, -0.2) is 62.2 Å². The Labute approximate surface area is 781 Å². The molecule has 7 aromatic carbocycles. The molecule has 4 saturated carbocycles. The van der Waals surface area contributed by atoms with E-state index in [0.717, 1.165) is 72.0 Å². The van der Waals surface area contributed by atoms with Gasteiger partial charge < -0.3 is 38.5 Å². The number of para-hydroxylation sites is 1. The topological polar surface area (TPSA) is 281 Å². The first-order valence-corrected chi connectivity index (χ1v) is 50.5. The molecule has 4 saturated heterocycles. The third-order valence-electron chi connectivity index (χ3n) is 24.6. The van der Waals surface area contributed by atoms with Crippen LogP contribution in [-0.2, 0) is 83.7 Å². The fourth-order valence-corrected chi connectivity index (χ4v) is 25.4. The molecule has 8 aromatic rings. The van der Waals surface area contributed by atoms with Crippen LogP contribution in [0.1, 0.15) is 187 Å². The maximum absolute atomic E-state index is 14.2. The highest BCUT2D eigenvalue weighted by molar-refractivity contribution is 7.90. The van der Waals surface area contributed by atoms with Crippen LogP contribution in [0.4, 0.5) is 80.0 Å². The molecular formula is C94H104F13N9O16S4. The van der Waals surface area contributed by atoms with Crippen LogP contribution in [0.5, 0.6) is 0 Å². The lowest BCUT2D eigenvalue weighted by molar-refractivity contribution is -0.138. The highest BCUT2D eigenvalue weighted by atomic mass is 32.2. The minimum absolute atomic E-state index is 0.0932. The predicted octanol–water partition coefficient (Wildman–Crippen LogP) is 18.0. The van der Waals surface area contributed by atoms with Crippen molar-refractivity contribution in [2.45, 2.75) is 216 Å². The fraction of sp³-hybridized carbons (Fsp3) is 0.457. The van der Waals surface area contributed by atoms with Crippen molar-refractivity contribution in [1.29, 1.82) is 0 Å². The summed E-state index contributed by atoms with van der Waals surface area (Å²) in [7, 11) is -15.1. The van der Waals surface area contributed by atoms with Gasteiger partial charge in [0.15, 0.2) is 0 Å². The third-order valence-corrected chi connectivity index (χ3v) is 32.6. The lowest BCUT2D eigenvalue weighted by Crippen LogP contribution is -2.48. The van der Waals surface area contributed by atoms with Gasteiger partial charge in [0.25, 0.3) is 0 Å². The molecule has 0 atom stereocenters. The van der Waals surface area contributed by atoms with Crippen molar-refractivity contribution in [3.63, 3.8) is 0 Å². The number of sulfonamides is 4. The van der Waals surface area contributed by atoms with Crippen molar-refractivity contribution >= 4 is 86.9 Å². The van der Waals surface area contributed by atoms with Crippen molar-refractivity contribution in [3.8, 4) is 0 Å². The van der Waals surface area contributed by atoms with Gasteiger partial charge in [0.2, 0.25) is 40.1 Å². The lowest BCUT2D eigenvalue weighted by Gasteiger charge is -2.39. The number of rotatable bonds is 27. The number of carbonyl (C=O) groups excluding carboxylic acids is 4. The van der Waals surface area contributed by atoms with Gasteiger partial charge in [-0.05, 0) is 263 Å². The molecule has 4 aliphatic heterocycles. The van der Waals surface area contributed by atoms with E-state index < -0.39 is 117 Å². The summed E-state index contributed by atoms with van der Waals surface area (Å²) in [5.41, 5.74) is -0.458. The second-order valence-corrected chi connectivity index (χ2v) is 41.4. The van der Waals surface area contributed by atoms with E-state index in [1.54, 1.807) is 69.4 Å². The van der Waals surface area contributed by atoms with Crippen LogP contribution in [0.2, 0.25) is 0 Å². The van der Waals surface area contributed by atoms with Crippen molar-refractivity contribution < 1.29 is 129 Å². The van der Waals surface area contributed by atoms with Crippen molar-refractivity contribution in [2.24, 2.45) is 0 Å². The minimum atomic E-state index is -4.64. The number of piperidine rings is 4. The molecule has 0 bridgehead atoms. The zero-order chi connectivity index (χ0) is 98.2. The first kappa shape index (κ1) is 103. The summed E-state index contributed by atoms with van der Waals surface area (Å²) in [6, 6.07) is 34.9. The summed E-state index contributed by atoms with van der Waals surface area (Å²) in [6.45, 7) is 9.75. The Morgan fingerprint density at radius 1 is 0.331 bits per heavy atom. The molecule has 0 radical (unpaired) electrons. The van der Waals surface area contributed by atoms with Crippen molar-refractivity contribution in [1.82, 2.24) is 22.2 Å². The molecule has 1 aromatic heterocycles. The van der Waals surface area contributed by atoms with E-state index in [-0.39, 0.29) is 86.6 Å². The van der Waals surface area contributed by atoms with Crippen LogP contribution in [0, 0.1) is 5.82 Å². The van der Waals surface area contributed by atoms with Gasteiger partial charge in [0.1, 0.15) is 17.2 Å². The van der Waals surface area contributed by atoms with Crippen molar-refractivity contribution in [2.75, 3.05) is 98.9 Å². The summed E-state index contributed by atoms with van der Waals surface area (Å²) < 4.78 is 305. The second-order valence-electron chi connectivity index (χ2n) is 34.0. The normalized spacial score (nSPS) is 17.7. The maximum Gasteiger partial charge on any atom is 0.416 e. The smallest absolute Gasteiger partial charge is 0.416 e. The zero-order valence-electron chi connectivity index (χ0n) is 74.6. The number of nitrogens with zero attached hydrogens (tertiary/aromatic N) is 9. The molecule has 8 fully saturated rings. The molecular weight excluding hydrogens is 1890 g/mol. The van der Waals surface area contributed by atoms with E-state index in [9.17, 15) is 110 Å². The number of ether oxygens (including phenoxy) is 4. The van der Waals surface area contributed by atoms with E-state index >= 15 is 0 Å². The van der Waals surface area contributed by atoms with Gasteiger partial charge in [0.05, 0.1) is 91.1 Å². The van der Waals surface area contributed by atoms with E-state index in [0.29, 0.717) is 208 Å². The molecule has 5 heterocycles. The number of methoxy groups -OCH3 is 1. The lowest BCUT2D eigenvalue weighted by atomic mass is 10.0. The Bertz CT molecular complexity index is 6040. The summed E-state index contributed by atoms with van der Waals surface area (Å²) in [5.74, 6) is -2.03. The SMILES string of the molecule is CCOC(=O)c1cc(F)cc(N2CCC(N(C3CC3)S(=O)(=O)c3cccc(C(F)(F)F)c3)CC2)c1.CCOC(=O)c1ccc(N2CCC(N(C3CC3)S(=O)(=O)c3cccc(C(F)(F)F)c3)CC2)cc1.CCOC(=O)c1cccnc1N1CCC(N(C2CC2)S(=O)(=O)c2cccc(C(F)(F)F)c2)CC1.COC(=O)c1ccccc1N1CCC(N(C2CC2)S(=O)(=O)c2cccc(C(F)(F)F)c2)CC1. The van der Waals surface area contributed by atoms with E-state index in [2.05, 4.69) is 9.88 Å². The fourth-order valence-electron chi connectivity index (χ4n) is 17.5. The average Bonchev–Trinajstić information content (AvgIpc) is 1.64. The van der Waals surface area contributed by atoms with Crippen LogP contribution in [0.3, 0.4) is 0 Å². The van der Waals surface area contributed by atoms with Gasteiger partial charge >= 0.3 is 48.6 Å². The molecule has 0 N–H and O–H groups in total. The van der Waals surface area contributed by atoms with Crippen LogP contribution in [0.25, 0.3) is 0 Å². The summed E-state index contributed by atoms with van der Waals surface area (Å²) in [6.07, 6.45) is -7.49. The quantitative estimate of drug-likeness (QED) is 0.0263. The standard InChI is InChI=1S/C24H26F4N2O4S.C24H27F3N2O4S.C23H26F3N3O4S.C23H25F3N2O4S/c1-2-34-23(31)16-12-18(25)15-21(13-16)29-10-8-20(9-11-29)30(19-6-7-19)35(32,33)22-5-3-4-17(14-22)24(26,27)28;1-2-33-23(30)17-6-8-19(9-7-17)28-14-12-21(13-15-28)29(20-10-11-20)34(31,32)22-5-3-4-18(16-22)24(25,26)27;1-2-33-22(30)20-7-4-12-27-21(20)28-13-10-18(11-14-28)29(17-8-9-17)34(31,32)19-6-3-5-16(15-19)23(24,25)26;1-32-22(29)20-7-2-3-8-21(20)27-13-11-18(12-14-27)28(17-9-10-17)33(30,31)19-6-4-5-16(15-19)23(24,25)26/h3-5,12-15,19-20H,2,6-11H2,1H3;3-9,16,20-21H,2,10-15H2,1H3;3-7,12,15,17-18H,2,8-11,13-14H2,1H3;2-8,15,17-18H,9-14H2,1H3. The van der Waals surface area contributed by atoms with E-state index in [4.69, 9.17) is 18.9 Å². The molecule has 0 amide bonds. The third kappa shape index (κ3) is 25.0. The average molecular weight is 1990 g/mol. The molecule has 0 unspecified atom stereocenters. The number of hydrogen-bond donors (Lipinski definition) is 0. The van der Waals surface area contributed by atoms with Gasteiger partial charge in [0, 0.05) is 118 Å². The predicted molar refractivity (Wildman–Crippen MR) is 478 cm³/mol. The molecule has 16 rings (SSSR count). The Hall–Kier alpha value is -10.5.